The highest BCUT2D eigenvalue weighted by Gasteiger charge is 2.56. The molecule has 2 aliphatic heterocycles. The van der Waals surface area contributed by atoms with Crippen LogP contribution in [0.4, 0.5) is 11.4 Å². The zero-order valence-electron chi connectivity index (χ0n) is 23.6. The molecule has 12 heteroatoms. The molecule has 0 bridgehead atoms. The van der Waals surface area contributed by atoms with Crippen molar-refractivity contribution in [2.24, 2.45) is 5.92 Å². The first-order valence-electron chi connectivity index (χ1n) is 13.8. The van der Waals surface area contributed by atoms with Crippen molar-refractivity contribution in [3.05, 3.63) is 109 Å². The minimum absolute atomic E-state index is 0.226. The zero-order valence-corrected chi connectivity index (χ0v) is 26.8. The van der Waals surface area contributed by atoms with Crippen LogP contribution >= 0.6 is 39.0 Å². The molecule has 1 saturated heterocycles. The van der Waals surface area contributed by atoms with Gasteiger partial charge in [-0.25, -0.2) is 9.69 Å². The fourth-order valence-corrected chi connectivity index (χ4v) is 8.79. The normalized spacial score (nSPS) is 19.0. The molecule has 3 atom stereocenters. The number of amides is 3. The zero-order chi connectivity index (χ0) is 31.1. The molecule has 3 heterocycles. The van der Waals surface area contributed by atoms with Crippen molar-refractivity contribution in [3.63, 3.8) is 0 Å². The highest BCUT2D eigenvalue weighted by molar-refractivity contribution is 9.10. The number of aromatic nitrogens is 1. The Morgan fingerprint density at radius 1 is 0.977 bits per heavy atom. The standard InChI is InChI=1S/C32H26BrN3O6S2/c1-3-42-31(40)18-10-12-22(13-11-18)36-28(38)25-24(19-7-5-8-20(33)15-19)27-30(43-26(25)29(36)39)35(32(41)44-27)16-23(37)34-21-9-4-6-17(2)14-21/h4-15,24-26H,3,16H2,1-2H3,(H,34,37)/t24-,25?,26?/m1/s1. The van der Waals surface area contributed by atoms with Crippen LogP contribution in [0.1, 0.15) is 39.2 Å². The number of esters is 1. The number of hydrogen-bond donors (Lipinski definition) is 1. The number of halogens is 1. The summed E-state index contributed by atoms with van der Waals surface area (Å²) in [6.07, 6.45) is 0. The van der Waals surface area contributed by atoms with Crippen molar-refractivity contribution >= 4 is 74.1 Å². The fraction of sp³-hybridized carbons (Fsp3) is 0.219. The summed E-state index contributed by atoms with van der Waals surface area (Å²) < 4.78 is 7.24. The quantitative estimate of drug-likeness (QED) is 0.198. The topological polar surface area (TPSA) is 115 Å². The number of nitrogens with one attached hydrogen (secondary N) is 1. The third-order valence-corrected chi connectivity index (χ3v) is 10.6. The third kappa shape index (κ3) is 5.53. The average molecular weight is 693 g/mol. The van der Waals surface area contributed by atoms with Crippen molar-refractivity contribution < 1.29 is 23.9 Å². The van der Waals surface area contributed by atoms with Crippen LogP contribution in [-0.2, 0) is 25.7 Å². The van der Waals surface area contributed by atoms with Gasteiger partial charge in [-0.2, -0.15) is 0 Å². The largest absolute Gasteiger partial charge is 0.462 e. The number of aryl methyl sites for hydroxylation is 1. The molecule has 0 radical (unpaired) electrons. The average Bonchev–Trinajstić information content (AvgIpc) is 3.43. The van der Waals surface area contributed by atoms with E-state index in [1.165, 1.54) is 16.7 Å². The number of nitrogens with zero attached hydrogens (tertiary/aromatic N) is 2. The SMILES string of the molecule is CCOC(=O)c1ccc(N2C(=O)C3Sc4c(sc(=O)n4CC(=O)Nc4cccc(C)c4)[C@H](c4cccc(Br)c4)C3C2=O)cc1. The lowest BCUT2D eigenvalue weighted by atomic mass is 9.83. The monoisotopic (exact) mass is 691 g/mol. The maximum absolute atomic E-state index is 14.1. The number of carbonyl (C=O) groups excluding carboxylic acids is 4. The summed E-state index contributed by atoms with van der Waals surface area (Å²) in [7, 11) is 0. The highest BCUT2D eigenvalue weighted by atomic mass is 79.9. The van der Waals surface area contributed by atoms with Crippen LogP contribution in [0.3, 0.4) is 0 Å². The molecule has 0 spiro atoms. The number of carbonyl (C=O) groups is 4. The van der Waals surface area contributed by atoms with Crippen molar-refractivity contribution in [2.75, 3.05) is 16.8 Å². The number of benzene rings is 3. The van der Waals surface area contributed by atoms with Gasteiger partial charge in [-0.05, 0) is 73.5 Å². The van der Waals surface area contributed by atoms with Gasteiger partial charge in [0.15, 0.2) is 0 Å². The van der Waals surface area contributed by atoms with Gasteiger partial charge in [0.1, 0.15) is 11.8 Å². The van der Waals surface area contributed by atoms with Crippen LogP contribution in [0.2, 0.25) is 0 Å². The molecule has 3 amide bonds. The third-order valence-electron chi connectivity index (χ3n) is 7.50. The Balaban J connectivity index is 1.37. The van der Waals surface area contributed by atoms with E-state index >= 15 is 0 Å². The lowest BCUT2D eigenvalue weighted by molar-refractivity contribution is -0.122. The highest BCUT2D eigenvalue weighted by Crippen LogP contribution is 2.54. The van der Waals surface area contributed by atoms with Crippen LogP contribution in [0.15, 0.2) is 87.1 Å². The van der Waals surface area contributed by atoms with E-state index in [0.717, 1.165) is 43.6 Å². The number of thioether (sulfide) groups is 1. The first kappa shape index (κ1) is 30.0. The van der Waals surface area contributed by atoms with E-state index in [1.807, 2.05) is 49.4 Å². The molecule has 6 rings (SSSR count). The Bertz CT molecular complexity index is 1870. The second-order valence-electron chi connectivity index (χ2n) is 10.4. The molecule has 2 aliphatic rings. The predicted molar refractivity (Wildman–Crippen MR) is 172 cm³/mol. The van der Waals surface area contributed by atoms with Crippen LogP contribution in [0, 0.1) is 12.8 Å². The summed E-state index contributed by atoms with van der Waals surface area (Å²) in [4.78, 5) is 68.1. The lowest BCUT2D eigenvalue weighted by Crippen LogP contribution is -2.33. The minimum Gasteiger partial charge on any atom is -0.462 e. The van der Waals surface area contributed by atoms with E-state index in [9.17, 15) is 24.0 Å². The summed E-state index contributed by atoms with van der Waals surface area (Å²) in [5.41, 5.74) is 3.02. The summed E-state index contributed by atoms with van der Waals surface area (Å²) in [6, 6.07) is 21.0. The van der Waals surface area contributed by atoms with Crippen molar-refractivity contribution in [1.82, 2.24) is 4.57 Å². The second kappa shape index (κ2) is 12.2. The van der Waals surface area contributed by atoms with E-state index in [-0.39, 0.29) is 23.9 Å². The molecule has 224 valence electrons. The number of fused-ring (bicyclic) bond motifs is 2. The van der Waals surface area contributed by atoms with Crippen molar-refractivity contribution in [3.8, 4) is 0 Å². The van der Waals surface area contributed by atoms with E-state index < -0.39 is 34.9 Å². The van der Waals surface area contributed by atoms with E-state index in [1.54, 1.807) is 25.1 Å². The maximum atomic E-state index is 14.1. The van der Waals surface area contributed by atoms with Crippen molar-refractivity contribution in [2.45, 2.75) is 36.6 Å². The first-order chi connectivity index (χ1) is 21.2. The molecule has 4 aromatic rings. The van der Waals surface area contributed by atoms with Gasteiger partial charge in [-0.15, -0.1) is 0 Å². The Morgan fingerprint density at radius 2 is 1.73 bits per heavy atom. The second-order valence-corrected chi connectivity index (χ2v) is 13.5. The Labute approximate surface area is 269 Å². The van der Waals surface area contributed by atoms with Gasteiger partial charge in [0.05, 0.1) is 28.8 Å². The van der Waals surface area contributed by atoms with Crippen LogP contribution < -0.4 is 15.1 Å². The Kier molecular flexibility index (Phi) is 8.32. The van der Waals surface area contributed by atoms with Crippen LogP contribution in [0.5, 0.6) is 0 Å². The van der Waals surface area contributed by atoms with E-state index in [2.05, 4.69) is 21.2 Å². The smallest absolute Gasteiger partial charge is 0.338 e. The van der Waals surface area contributed by atoms with Gasteiger partial charge in [0, 0.05) is 21.0 Å². The van der Waals surface area contributed by atoms with Crippen molar-refractivity contribution in [1.29, 1.82) is 0 Å². The lowest BCUT2D eigenvalue weighted by Gasteiger charge is -2.30. The fourth-order valence-electron chi connectivity index (χ4n) is 5.60. The number of anilines is 2. The molecule has 1 aromatic heterocycles. The number of thiazole rings is 1. The van der Waals surface area contributed by atoms with Gasteiger partial charge < -0.3 is 10.1 Å². The molecule has 2 unspecified atom stereocenters. The maximum Gasteiger partial charge on any atom is 0.338 e. The molecule has 1 N–H and O–H groups in total. The molecule has 3 aromatic carbocycles. The predicted octanol–water partition coefficient (Wildman–Crippen LogP) is 5.59. The minimum atomic E-state index is -0.830. The summed E-state index contributed by atoms with van der Waals surface area (Å²) >= 11 is 5.66. The molecule has 1 fully saturated rings. The molecule has 9 nitrogen and oxygen atoms in total. The summed E-state index contributed by atoms with van der Waals surface area (Å²) in [5, 5.41) is 2.52. The van der Waals surface area contributed by atoms with Gasteiger partial charge in [-0.3, -0.25) is 23.7 Å². The summed E-state index contributed by atoms with van der Waals surface area (Å²) in [6.45, 7) is 3.62. The first-order valence-corrected chi connectivity index (χ1v) is 16.3. The molecule has 44 heavy (non-hydrogen) atoms. The number of rotatable bonds is 7. The molecule has 0 aliphatic carbocycles. The van der Waals surface area contributed by atoms with Gasteiger partial charge in [0.25, 0.3) is 0 Å². The number of imide groups is 1. The van der Waals surface area contributed by atoms with E-state index in [0.29, 0.717) is 26.8 Å². The Morgan fingerprint density at radius 3 is 2.43 bits per heavy atom. The van der Waals surface area contributed by atoms with E-state index in [4.69, 9.17) is 4.74 Å². The van der Waals surface area contributed by atoms with Crippen LogP contribution in [-0.4, -0.2) is 40.1 Å². The van der Waals surface area contributed by atoms with Gasteiger partial charge >= 0.3 is 10.8 Å². The van der Waals surface area contributed by atoms with Gasteiger partial charge in [0.2, 0.25) is 17.7 Å². The number of hydrogen-bond acceptors (Lipinski definition) is 8. The van der Waals surface area contributed by atoms with Crippen LogP contribution in [0.25, 0.3) is 0 Å². The number of ether oxygens (including phenoxy) is 1. The molecular formula is C32H26BrN3O6S2. The molecule has 0 saturated carbocycles. The Hall–Kier alpha value is -4.00. The molecular weight excluding hydrogens is 666 g/mol. The summed E-state index contributed by atoms with van der Waals surface area (Å²) in [5.74, 6) is -3.06. The van der Waals surface area contributed by atoms with Gasteiger partial charge in [-0.1, -0.05) is 63.3 Å².